The van der Waals surface area contributed by atoms with Gasteiger partial charge in [-0.15, -0.1) is 0 Å². The third-order valence-electron chi connectivity index (χ3n) is 5.76. The number of aliphatic hydroxyl groups is 1. The number of hydrogen-bond donors (Lipinski definition) is 2. The van der Waals surface area contributed by atoms with E-state index >= 15 is 0 Å². The summed E-state index contributed by atoms with van der Waals surface area (Å²) in [5.74, 6) is 0.928. The molecule has 1 heterocycles. The van der Waals surface area contributed by atoms with Gasteiger partial charge in [-0.05, 0) is 48.9 Å². The van der Waals surface area contributed by atoms with Crippen molar-refractivity contribution in [2.75, 3.05) is 26.7 Å². The van der Waals surface area contributed by atoms with Crippen LogP contribution in [0, 0.1) is 6.92 Å². The normalized spacial score (nSPS) is 15.9. The van der Waals surface area contributed by atoms with Crippen LogP contribution in [-0.2, 0) is 19.6 Å². The largest absolute Gasteiger partial charge is 0.393 e. The first kappa shape index (κ1) is 22.3. The highest BCUT2D eigenvalue weighted by Crippen LogP contribution is 2.15. The van der Waals surface area contributed by atoms with E-state index < -0.39 is 0 Å². The fourth-order valence-electron chi connectivity index (χ4n) is 3.84. The molecule has 5 nitrogen and oxygen atoms in total. The predicted molar refractivity (Wildman–Crippen MR) is 124 cm³/mol. The number of piperidine rings is 1. The summed E-state index contributed by atoms with van der Waals surface area (Å²) < 4.78 is 0. The maximum Gasteiger partial charge on any atom is 0.194 e. The second-order valence-corrected chi connectivity index (χ2v) is 8.28. The first-order valence-electron chi connectivity index (χ1n) is 11.1. The quantitative estimate of drug-likeness (QED) is 0.543. The van der Waals surface area contributed by atoms with Crippen molar-refractivity contribution < 1.29 is 5.11 Å². The van der Waals surface area contributed by atoms with E-state index in [1.807, 2.05) is 0 Å². The van der Waals surface area contributed by atoms with E-state index in [4.69, 9.17) is 4.99 Å². The Bertz CT molecular complexity index is 810. The molecule has 3 rings (SSSR count). The molecule has 0 spiro atoms. The summed E-state index contributed by atoms with van der Waals surface area (Å²) >= 11 is 0. The Morgan fingerprint density at radius 3 is 2.43 bits per heavy atom. The standard InChI is InChI=1S/C25H36N4O/c1-4-26-25(28(3)19-23-8-6-5-7-20(23)2)27-17-21-9-11-22(12-10-21)18-29-15-13-24(30)14-16-29/h5-12,24,30H,4,13-19H2,1-3H3,(H,26,27). The van der Waals surface area contributed by atoms with Crippen LogP contribution in [0.4, 0.5) is 0 Å². The molecule has 1 fully saturated rings. The Morgan fingerprint density at radius 2 is 1.77 bits per heavy atom. The molecule has 0 bridgehead atoms. The fourth-order valence-corrected chi connectivity index (χ4v) is 3.84. The lowest BCUT2D eigenvalue weighted by molar-refractivity contribution is 0.0792. The molecular formula is C25H36N4O. The van der Waals surface area contributed by atoms with Gasteiger partial charge in [0, 0.05) is 39.8 Å². The van der Waals surface area contributed by atoms with E-state index in [1.54, 1.807) is 0 Å². The molecule has 0 radical (unpaired) electrons. The zero-order valence-corrected chi connectivity index (χ0v) is 18.6. The van der Waals surface area contributed by atoms with Crippen LogP contribution < -0.4 is 5.32 Å². The summed E-state index contributed by atoms with van der Waals surface area (Å²) in [5, 5.41) is 13.1. The summed E-state index contributed by atoms with van der Waals surface area (Å²) in [6, 6.07) is 17.3. The van der Waals surface area contributed by atoms with Gasteiger partial charge in [-0.2, -0.15) is 0 Å². The summed E-state index contributed by atoms with van der Waals surface area (Å²) in [6.07, 6.45) is 1.66. The van der Waals surface area contributed by atoms with E-state index in [2.05, 4.69) is 84.5 Å². The maximum atomic E-state index is 9.66. The van der Waals surface area contributed by atoms with Gasteiger partial charge in [-0.25, -0.2) is 4.99 Å². The van der Waals surface area contributed by atoms with Crippen molar-refractivity contribution in [3.8, 4) is 0 Å². The number of benzene rings is 2. The maximum absolute atomic E-state index is 9.66. The van der Waals surface area contributed by atoms with Crippen molar-refractivity contribution in [1.82, 2.24) is 15.1 Å². The number of rotatable bonds is 7. The predicted octanol–water partition coefficient (Wildman–Crippen LogP) is 3.55. The lowest BCUT2D eigenvalue weighted by atomic mass is 10.1. The molecule has 0 unspecified atom stereocenters. The minimum atomic E-state index is -0.114. The van der Waals surface area contributed by atoms with E-state index in [0.717, 1.165) is 51.5 Å². The molecule has 5 heteroatoms. The molecule has 162 valence electrons. The molecule has 2 aromatic carbocycles. The van der Waals surface area contributed by atoms with Gasteiger partial charge in [-0.1, -0.05) is 48.5 Å². The highest BCUT2D eigenvalue weighted by Gasteiger charge is 2.16. The van der Waals surface area contributed by atoms with Crippen molar-refractivity contribution >= 4 is 5.96 Å². The number of nitrogens with one attached hydrogen (secondary N) is 1. The Kier molecular flexibility index (Phi) is 8.29. The molecule has 1 aliphatic heterocycles. The van der Waals surface area contributed by atoms with E-state index in [-0.39, 0.29) is 6.10 Å². The number of hydrogen-bond acceptors (Lipinski definition) is 3. The molecule has 0 aromatic heterocycles. The number of aryl methyl sites for hydroxylation is 1. The number of likely N-dealkylation sites (tertiary alicyclic amines) is 1. The number of aliphatic imine (C=N–C) groups is 1. The first-order valence-corrected chi connectivity index (χ1v) is 11.1. The minimum Gasteiger partial charge on any atom is -0.393 e. The minimum absolute atomic E-state index is 0.114. The lowest BCUT2D eigenvalue weighted by Crippen LogP contribution is -2.38. The Balaban J connectivity index is 1.58. The van der Waals surface area contributed by atoms with E-state index in [0.29, 0.717) is 6.54 Å². The van der Waals surface area contributed by atoms with Crippen LogP contribution >= 0.6 is 0 Å². The topological polar surface area (TPSA) is 51.1 Å². The van der Waals surface area contributed by atoms with E-state index in [1.165, 1.54) is 22.3 Å². The van der Waals surface area contributed by atoms with Crippen LogP contribution in [0.3, 0.4) is 0 Å². The Labute approximate surface area is 181 Å². The second kappa shape index (κ2) is 11.1. The van der Waals surface area contributed by atoms with Gasteiger partial charge in [-0.3, -0.25) is 4.90 Å². The zero-order valence-electron chi connectivity index (χ0n) is 18.6. The molecule has 0 amide bonds. The van der Waals surface area contributed by atoms with Crippen LogP contribution in [-0.4, -0.2) is 53.7 Å². The van der Waals surface area contributed by atoms with Crippen LogP contribution in [0.2, 0.25) is 0 Å². The third kappa shape index (κ3) is 6.57. The van der Waals surface area contributed by atoms with Crippen LogP contribution in [0.25, 0.3) is 0 Å². The highest BCUT2D eigenvalue weighted by molar-refractivity contribution is 5.79. The van der Waals surface area contributed by atoms with Crippen LogP contribution in [0.1, 0.15) is 42.0 Å². The number of nitrogens with zero attached hydrogens (tertiary/aromatic N) is 3. The monoisotopic (exact) mass is 408 g/mol. The molecule has 0 aliphatic carbocycles. The molecule has 0 atom stereocenters. The van der Waals surface area contributed by atoms with Gasteiger partial charge >= 0.3 is 0 Å². The van der Waals surface area contributed by atoms with Crippen molar-refractivity contribution in [2.24, 2.45) is 4.99 Å². The smallest absolute Gasteiger partial charge is 0.194 e. The van der Waals surface area contributed by atoms with Crippen molar-refractivity contribution in [3.63, 3.8) is 0 Å². The van der Waals surface area contributed by atoms with Crippen molar-refractivity contribution in [1.29, 1.82) is 0 Å². The van der Waals surface area contributed by atoms with Gasteiger partial charge in [0.2, 0.25) is 0 Å². The number of aliphatic hydroxyl groups excluding tert-OH is 1. The van der Waals surface area contributed by atoms with Gasteiger partial charge in [0.25, 0.3) is 0 Å². The summed E-state index contributed by atoms with van der Waals surface area (Å²) in [7, 11) is 2.09. The fraction of sp³-hybridized carbons (Fsp3) is 0.480. The molecule has 2 N–H and O–H groups in total. The summed E-state index contributed by atoms with van der Waals surface area (Å²) in [4.78, 5) is 9.46. The van der Waals surface area contributed by atoms with E-state index in [9.17, 15) is 5.11 Å². The Hall–Kier alpha value is -2.37. The molecule has 0 saturated carbocycles. The third-order valence-corrected chi connectivity index (χ3v) is 5.76. The van der Waals surface area contributed by atoms with Crippen molar-refractivity contribution in [2.45, 2.75) is 52.4 Å². The molecule has 1 saturated heterocycles. The molecule has 2 aromatic rings. The molecular weight excluding hydrogens is 372 g/mol. The van der Waals surface area contributed by atoms with Gasteiger partial charge < -0.3 is 15.3 Å². The van der Waals surface area contributed by atoms with Crippen molar-refractivity contribution in [3.05, 3.63) is 70.8 Å². The first-order chi connectivity index (χ1) is 14.5. The van der Waals surface area contributed by atoms with Gasteiger partial charge in [0.15, 0.2) is 5.96 Å². The SMILES string of the molecule is CCNC(=NCc1ccc(CN2CCC(O)CC2)cc1)N(C)Cc1ccccc1C. The number of guanidine groups is 1. The average Bonchev–Trinajstić information content (AvgIpc) is 2.75. The lowest BCUT2D eigenvalue weighted by Gasteiger charge is -2.29. The molecule has 1 aliphatic rings. The van der Waals surface area contributed by atoms with Gasteiger partial charge in [0.05, 0.1) is 12.6 Å². The average molecular weight is 409 g/mol. The highest BCUT2D eigenvalue weighted by atomic mass is 16.3. The Morgan fingerprint density at radius 1 is 1.10 bits per heavy atom. The molecule has 30 heavy (non-hydrogen) atoms. The zero-order chi connectivity index (χ0) is 21.3. The van der Waals surface area contributed by atoms with Crippen LogP contribution in [0.15, 0.2) is 53.5 Å². The van der Waals surface area contributed by atoms with Gasteiger partial charge in [0.1, 0.15) is 0 Å². The summed E-state index contributed by atoms with van der Waals surface area (Å²) in [5.41, 5.74) is 5.16. The van der Waals surface area contributed by atoms with Crippen LogP contribution in [0.5, 0.6) is 0 Å². The summed E-state index contributed by atoms with van der Waals surface area (Å²) in [6.45, 7) is 9.52. The second-order valence-electron chi connectivity index (χ2n) is 8.28.